The largest absolute Gasteiger partial charge is 0.368 e. The van der Waals surface area contributed by atoms with E-state index in [1.807, 2.05) is 26.0 Å². The van der Waals surface area contributed by atoms with Crippen LogP contribution in [0.25, 0.3) is 0 Å². The molecule has 0 saturated carbocycles. The molecule has 0 radical (unpaired) electrons. The number of rotatable bonds is 2. The minimum atomic E-state index is -0.646. The second-order valence-corrected chi connectivity index (χ2v) is 7.42. The number of hydrogen-bond donors (Lipinski definition) is 1. The van der Waals surface area contributed by atoms with Crippen molar-refractivity contribution >= 4 is 34.8 Å². The van der Waals surface area contributed by atoms with Gasteiger partial charge < -0.3 is 15.1 Å². The molecule has 0 aromatic heterocycles. The Morgan fingerprint density at radius 2 is 1.67 bits per heavy atom. The average Bonchev–Trinajstić information content (AvgIpc) is 2.64. The zero-order chi connectivity index (χ0) is 19.6. The maximum Gasteiger partial charge on any atom is 0.313 e. The lowest BCUT2D eigenvalue weighted by atomic mass is 10.1. The van der Waals surface area contributed by atoms with E-state index in [1.165, 1.54) is 5.56 Å². The first-order valence-corrected chi connectivity index (χ1v) is 9.41. The predicted octanol–water partition coefficient (Wildman–Crippen LogP) is 3.55. The summed E-state index contributed by atoms with van der Waals surface area (Å²) in [6.07, 6.45) is 0. The van der Waals surface area contributed by atoms with Crippen molar-refractivity contribution in [1.82, 2.24) is 4.90 Å². The lowest BCUT2D eigenvalue weighted by Crippen LogP contribution is -2.51. The molecule has 1 heterocycles. The van der Waals surface area contributed by atoms with E-state index in [9.17, 15) is 9.59 Å². The lowest BCUT2D eigenvalue weighted by Gasteiger charge is -2.35. The van der Waals surface area contributed by atoms with Gasteiger partial charge in [-0.2, -0.15) is 0 Å². The van der Waals surface area contributed by atoms with Gasteiger partial charge in [0.2, 0.25) is 0 Å². The van der Waals surface area contributed by atoms with Gasteiger partial charge in [0, 0.05) is 31.9 Å². The van der Waals surface area contributed by atoms with Gasteiger partial charge in [0.25, 0.3) is 0 Å². The summed E-state index contributed by atoms with van der Waals surface area (Å²) in [7, 11) is 0. The fraction of sp³-hybridized carbons (Fsp3) is 0.333. The Morgan fingerprint density at radius 3 is 2.30 bits per heavy atom. The Kier molecular flexibility index (Phi) is 5.71. The van der Waals surface area contributed by atoms with Crippen molar-refractivity contribution < 1.29 is 9.59 Å². The van der Waals surface area contributed by atoms with Crippen molar-refractivity contribution in [3.05, 3.63) is 58.1 Å². The Hall–Kier alpha value is -2.53. The van der Waals surface area contributed by atoms with Crippen LogP contribution in [-0.4, -0.2) is 42.9 Å². The Bertz CT molecular complexity index is 850. The molecule has 142 valence electrons. The monoisotopic (exact) mass is 385 g/mol. The third kappa shape index (κ3) is 4.42. The van der Waals surface area contributed by atoms with Crippen molar-refractivity contribution in [1.29, 1.82) is 0 Å². The Morgan fingerprint density at radius 1 is 0.963 bits per heavy atom. The molecule has 3 rings (SSSR count). The van der Waals surface area contributed by atoms with Gasteiger partial charge in [-0.3, -0.25) is 9.59 Å². The van der Waals surface area contributed by atoms with Crippen molar-refractivity contribution in [2.24, 2.45) is 0 Å². The molecule has 1 aliphatic heterocycles. The van der Waals surface area contributed by atoms with Crippen LogP contribution >= 0.6 is 11.6 Å². The van der Waals surface area contributed by atoms with Crippen molar-refractivity contribution in [3.63, 3.8) is 0 Å². The molecule has 1 saturated heterocycles. The van der Waals surface area contributed by atoms with Crippen LogP contribution < -0.4 is 10.2 Å². The van der Waals surface area contributed by atoms with Gasteiger partial charge in [-0.25, -0.2) is 0 Å². The maximum absolute atomic E-state index is 12.5. The molecule has 2 aromatic rings. The summed E-state index contributed by atoms with van der Waals surface area (Å²) >= 11 is 6.22. The van der Waals surface area contributed by atoms with Crippen molar-refractivity contribution in [2.45, 2.75) is 20.8 Å². The summed E-state index contributed by atoms with van der Waals surface area (Å²) < 4.78 is 0. The third-order valence-corrected chi connectivity index (χ3v) is 5.10. The highest BCUT2D eigenvalue weighted by Gasteiger charge is 2.27. The van der Waals surface area contributed by atoms with Crippen LogP contribution in [0.4, 0.5) is 11.4 Å². The third-order valence-electron chi connectivity index (χ3n) is 4.80. The van der Waals surface area contributed by atoms with Crippen molar-refractivity contribution in [3.8, 4) is 0 Å². The van der Waals surface area contributed by atoms with Crippen LogP contribution in [-0.2, 0) is 9.59 Å². The fourth-order valence-corrected chi connectivity index (χ4v) is 3.75. The first kappa shape index (κ1) is 19.2. The highest BCUT2D eigenvalue weighted by atomic mass is 35.5. The number of benzene rings is 2. The summed E-state index contributed by atoms with van der Waals surface area (Å²) in [5, 5.41) is 3.12. The minimum Gasteiger partial charge on any atom is -0.368 e. The smallest absolute Gasteiger partial charge is 0.313 e. The summed E-state index contributed by atoms with van der Waals surface area (Å²) in [6, 6.07) is 12.0. The number of hydrogen-bond acceptors (Lipinski definition) is 3. The molecule has 0 aliphatic carbocycles. The van der Waals surface area contributed by atoms with Gasteiger partial charge in [0.1, 0.15) is 0 Å². The summed E-state index contributed by atoms with van der Waals surface area (Å²) in [6.45, 7) is 8.29. The molecule has 1 fully saturated rings. The zero-order valence-electron chi connectivity index (χ0n) is 15.9. The number of piperazine rings is 1. The number of carbonyl (C=O) groups is 2. The molecule has 1 N–H and O–H groups in total. The van der Waals surface area contributed by atoms with Crippen LogP contribution in [0.15, 0.2) is 36.4 Å². The second kappa shape index (κ2) is 8.01. The maximum atomic E-state index is 12.5. The molecule has 27 heavy (non-hydrogen) atoms. The van der Waals surface area contributed by atoms with Crippen LogP contribution in [0.3, 0.4) is 0 Å². The number of amides is 2. The highest BCUT2D eigenvalue weighted by molar-refractivity contribution is 6.41. The quantitative estimate of drug-likeness (QED) is 0.804. The summed E-state index contributed by atoms with van der Waals surface area (Å²) in [5.41, 5.74) is 4.70. The van der Waals surface area contributed by atoms with Crippen LogP contribution in [0.2, 0.25) is 5.02 Å². The van der Waals surface area contributed by atoms with Gasteiger partial charge in [-0.15, -0.1) is 0 Å². The van der Waals surface area contributed by atoms with Gasteiger partial charge in [0.05, 0.1) is 10.7 Å². The molecule has 1 aliphatic rings. The molecule has 0 bridgehead atoms. The van der Waals surface area contributed by atoms with Crippen LogP contribution in [0, 0.1) is 20.8 Å². The molecular weight excluding hydrogens is 362 g/mol. The SMILES string of the molecule is Cc1cccc(N2CCN(C(=O)C(=O)Nc3c(C)cc(C)cc3Cl)CC2)c1. The molecule has 0 atom stereocenters. The molecule has 0 unspecified atom stereocenters. The Balaban J connectivity index is 1.61. The number of aryl methyl sites for hydroxylation is 3. The molecule has 0 spiro atoms. The second-order valence-electron chi connectivity index (χ2n) is 7.01. The standard InChI is InChI=1S/C21H24ClN3O2/c1-14-5-4-6-17(12-14)24-7-9-25(10-8-24)21(27)20(26)23-19-16(3)11-15(2)13-18(19)22/h4-6,11-13H,7-10H2,1-3H3,(H,23,26). The van der Waals surface area contributed by atoms with E-state index in [1.54, 1.807) is 11.0 Å². The topological polar surface area (TPSA) is 52.7 Å². The number of nitrogens with one attached hydrogen (secondary N) is 1. The molecule has 6 heteroatoms. The molecule has 2 aromatic carbocycles. The molecule has 5 nitrogen and oxygen atoms in total. The highest BCUT2D eigenvalue weighted by Crippen LogP contribution is 2.27. The fourth-order valence-electron chi connectivity index (χ4n) is 3.38. The number of nitrogens with zero attached hydrogens (tertiary/aromatic N) is 2. The summed E-state index contributed by atoms with van der Waals surface area (Å²) in [5.74, 6) is -1.16. The number of anilines is 2. The van der Waals surface area contributed by atoms with E-state index >= 15 is 0 Å². The Labute approximate surface area is 164 Å². The van der Waals surface area contributed by atoms with Gasteiger partial charge in [-0.1, -0.05) is 29.8 Å². The number of halogens is 1. The predicted molar refractivity (Wildman–Crippen MR) is 110 cm³/mol. The van der Waals surface area contributed by atoms with Crippen LogP contribution in [0.5, 0.6) is 0 Å². The molecule has 2 amide bonds. The van der Waals surface area contributed by atoms with Gasteiger partial charge >= 0.3 is 11.8 Å². The van der Waals surface area contributed by atoms with E-state index in [0.717, 1.165) is 16.8 Å². The lowest BCUT2D eigenvalue weighted by molar-refractivity contribution is -0.143. The minimum absolute atomic E-state index is 0.443. The van der Waals surface area contributed by atoms with Gasteiger partial charge in [0.15, 0.2) is 0 Å². The van der Waals surface area contributed by atoms with Crippen LogP contribution in [0.1, 0.15) is 16.7 Å². The van der Waals surface area contributed by atoms with E-state index in [2.05, 4.69) is 35.3 Å². The van der Waals surface area contributed by atoms with Crippen molar-refractivity contribution in [2.75, 3.05) is 36.4 Å². The average molecular weight is 386 g/mol. The summed E-state index contributed by atoms with van der Waals surface area (Å²) in [4.78, 5) is 28.8. The normalized spacial score (nSPS) is 14.2. The van der Waals surface area contributed by atoms with E-state index < -0.39 is 11.8 Å². The van der Waals surface area contributed by atoms with E-state index in [0.29, 0.717) is 36.9 Å². The van der Waals surface area contributed by atoms with E-state index in [4.69, 9.17) is 11.6 Å². The van der Waals surface area contributed by atoms with Gasteiger partial charge in [-0.05, 0) is 55.7 Å². The first-order chi connectivity index (χ1) is 12.8. The number of carbonyl (C=O) groups excluding carboxylic acids is 2. The van der Waals surface area contributed by atoms with E-state index in [-0.39, 0.29) is 0 Å². The first-order valence-electron chi connectivity index (χ1n) is 9.04. The zero-order valence-corrected chi connectivity index (χ0v) is 16.6. The molecular formula is C21H24ClN3O2.